The summed E-state index contributed by atoms with van der Waals surface area (Å²) < 4.78 is 55.3. The van der Waals surface area contributed by atoms with E-state index in [0.29, 0.717) is 167 Å². The SMILES string of the molecule is C=C(C)C(=O)OCCCCCCOc1ccc(-c2c3nc(c(-c4ccc(OCC(CC)CCCC)c(OCC(CC)CCCC)c4)c4ccc5c(-c6ccc(OCCCCCCOC(=O)C(=C)C)cc6)c6nc(c(-c7ccc(OCC(CC)CCCC)c(OCC(CC)CCCC)c7)c7ccc2n7c(=O)n54)C=C6)C=C3)cc1. The summed E-state index contributed by atoms with van der Waals surface area (Å²) in [4.78, 5) is 53.2. The standard InChI is InChI=1S/C97H124N4O11/c1-13-21-33-69(17-5)63-109-87-55-41-75(61-89(87)111-65-71(19-7)35-23-15-3)93-81-49-47-79(98-81)91(73-37-43-77(44-38-73)105-57-29-25-27-31-59-107-95(102)67(9)10)84-52-54-86-94(76-42-56-88(110-64-70(18-6)34-22-14-2)90(62-76)112-66-72(20-8)36-24-16-4)82-50-48-80(99-82)92(83-51-53-85(93)100(83)97(104)101(84)86)74-39-45-78(46-40-74)106-58-30-26-28-32-60-108-96(103)68(11)12/h37-56,61-62,69-72H,9,11,13-36,57-60,63-66H2,1-8,10,12H3. The number of benzene rings is 4. The zero-order valence-corrected chi connectivity index (χ0v) is 68.8. The number of hydrogen-bond donors (Lipinski definition) is 0. The largest absolute Gasteiger partial charge is 0.494 e. The van der Waals surface area contributed by atoms with Crippen LogP contribution in [0, 0.1) is 23.7 Å². The third-order valence-corrected chi connectivity index (χ3v) is 22.1. The van der Waals surface area contributed by atoms with Crippen LogP contribution in [0.25, 0.3) is 90.9 Å². The molecule has 112 heavy (non-hydrogen) atoms. The van der Waals surface area contributed by atoms with E-state index in [2.05, 4.69) is 178 Å². The van der Waals surface area contributed by atoms with Gasteiger partial charge in [-0.05, 0) is 234 Å². The zero-order valence-electron chi connectivity index (χ0n) is 68.8. The number of carbonyl (C=O) groups excluding carboxylic acids is 2. The van der Waals surface area contributed by atoms with Gasteiger partial charge in [0.1, 0.15) is 11.5 Å². The number of rotatable bonds is 50. The molecule has 4 aromatic heterocycles. The highest BCUT2D eigenvalue weighted by Gasteiger charge is 2.27. The zero-order chi connectivity index (χ0) is 79.3. The van der Waals surface area contributed by atoms with Crippen molar-refractivity contribution in [2.24, 2.45) is 23.7 Å². The molecule has 15 heteroatoms. The van der Waals surface area contributed by atoms with E-state index in [1.165, 1.54) is 0 Å². The number of carbonyl (C=O) groups is 2. The maximum absolute atomic E-state index is 17.7. The molecule has 4 aromatic carbocycles. The van der Waals surface area contributed by atoms with Crippen LogP contribution in [0.1, 0.15) is 246 Å². The van der Waals surface area contributed by atoms with Crippen molar-refractivity contribution < 1.29 is 47.5 Å². The van der Waals surface area contributed by atoms with Gasteiger partial charge in [0.15, 0.2) is 23.0 Å². The van der Waals surface area contributed by atoms with Gasteiger partial charge < -0.3 is 37.9 Å². The van der Waals surface area contributed by atoms with Gasteiger partial charge in [-0.25, -0.2) is 24.4 Å². The lowest BCUT2D eigenvalue weighted by atomic mass is 10.00. The average Bonchev–Trinajstić information content (AvgIpc) is 1.56. The fourth-order valence-corrected chi connectivity index (χ4v) is 14.9. The van der Waals surface area contributed by atoms with E-state index in [-0.39, 0.29) is 17.6 Å². The minimum Gasteiger partial charge on any atom is -0.494 e. The fourth-order valence-electron chi connectivity index (χ4n) is 14.9. The summed E-state index contributed by atoms with van der Waals surface area (Å²) >= 11 is 0. The van der Waals surface area contributed by atoms with Crippen molar-refractivity contribution in [1.29, 1.82) is 0 Å². The van der Waals surface area contributed by atoms with Crippen molar-refractivity contribution in [3.63, 3.8) is 0 Å². The molecule has 10 rings (SSSR count). The molecule has 598 valence electrons. The van der Waals surface area contributed by atoms with Crippen molar-refractivity contribution in [2.45, 2.75) is 223 Å². The Balaban J connectivity index is 1.22. The van der Waals surface area contributed by atoms with Crippen molar-refractivity contribution in [2.75, 3.05) is 52.9 Å². The number of aromatic nitrogens is 4. The lowest BCUT2D eigenvalue weighted by Crippen LogP contribution is -2.20. The predicted molar refractivity (Wildman–Crippen MR) is 460 cm³/mol. The molecular weight excluding hydrogens is 1400 g/mol. The minimum atomic E-state index is -0.360. The van der Waals surface area contributed by atoms with Gasteiger partial charge in [0, 0.05) is 33.4 Å². The van der Waals surface area contributed by atoms with Crippen LogP contribution in [0.2, 0.25) is 0 Å². The van der Waals surface area contributed by atoms with E-state index in [0.717, 1.165) is 199 Å². The van der Waals surface area contributed by atoms with Crippen LogP contribution in [0.3, 0.4) is 0 Å². The maximum Gasteiger partial charge on any atom is 0.338 e. The predicted octanol–water partition coefficient (Wildman–Crippen LogP) is 24.8. The number of esters is 2. The average molecular weight is 1520 g/mol. The number of nitrogens with zero attached hydrogens (tertiary/aromatic N) is 4. The van der Waals surface area contributed by atoms with E-state index in [4.69, 9.17) is 47.9 Å². The first-order valence-electron chi connectivity index (χ1n) is 42.3. The molecule has 8 aromatic rings. The number of ether oxygens (including phenoxy) is 8. The van der Waals surface area contributed by atoms with E-state index >= 15 is 4.79 Å². The quantitative estimate of drug-likeness (QED) is 0.0202. The summed E-state index contributed by atoms with van der Waals surface area (Å²) in [6.07, 6.45) is 32.4. The monoisotopic (exact) mass is 1520 g/mol. The van der Waals surface area contributed by atoms with Crippen molar-refractivity contribution in [3.8, 4) is 79.0 Å². The van der Waals surface area contributed by atoms with Crippen LogP contribution in [-0.2, 0) is 19.1 Å². The lowest BCUT2D eigenvalue weighted by Gasteiger charge is -2.21. The van der Waals surface area contributed by atoms with Gasteiger partial charge >= 0.3 is 17.6 Å². The second kappa shape index (κ2) is 43.4. The summed E-state index contributed by atoms with van der Waals surface area (Å²) in [5, 5.41) is 0. The molecule has 0 aliphatic carbocycles. The highest BCUT2D eigenvalue weighted by Crippen LogP contribution is 2.45. The van der Waals surface area contributed by atoms with Crippen LogP contribution in [0.4, 0.5) is 0 Å². The Morgan fingerprint density at radius 2 is 0.634 bits per heavy atom. The van der Waals surface area contributed by atoms with Crippen LogP contribution in [-0.4, -0.2) is 83.6 Å². The molecule has 0 spiro atoms. The summed E-state index contributed by atoms with van der Waals surface area (Å²) in [5.74, 6) is 4.84. The van der Waals surface area contributed by atoms with E-state index < -0.39 is 0 Å². The van der Waals surface area contributed by atoms with Gasteiger partial charge in [-0.15, -0.1) is 0 Å². The number of hydrogen-bond acceptors (Lipinski definition) is 13. The Labute approximate surface area is 666 Å². The minimum absolute atomic E-state index is 0.311. The second-order valence-corrected chi connectivity index (χ2v) is 30.7. The van der Waals surface area contributed by atoms with Crippen molar-refractivity contribution in [3.05, 3.63) is 167 Å². The molecular formula is C97H124N4O11. The van der Waals surface area contributed by atoms with Crippen molar-refractivity contribution >= 4 is 58.3 Å². The molecule has 0 amide bonds. The molecule has 0 radical (unpaired) electrons. The van der Waals surface area contributed by atoms with E-state index in [1.54, 1.807) is 13.8 Å². The summed E-state index contributed by atoms with van der Waals surface area (Å²) in [6, 6.07) is 37.1. The lowest BCUT2D eigenvalue weighted by molar-refractivity contribution is -0.139. The first-order valence-corrected chi connectivity index (χ1v) is 42.3. The van der Waals surface area contributed by atoms with E-state index in [9.17, 15) is 9.59 Å². The normalized spacial score (nSPS) is 12.9. The molecule has 4 atom stereocenters. The Bertz CT molecular complexity index is 4370. The van der Waals surface area contributed by atoms with Gasteiger partial charge in [0.05, 0.1) is 97.7 Å². The molecule has 15 nitrogen and oxygen atoms in total. The Morgan fingerprint density at radius 3 is 0.929 bits per heavy atom. The van der Waals surface area contributed by atoms with Crippen LogP contribution >= 0.6 is 0 Å². The van der Waals surface area contributed by atoms with Crippen LogP contribution < -0.4 is 34.1 Å². The third kappa shape index (κ3) is 22.4. The number of fused-ring (bicyclic) bond motifs is 4. The van der Waals surface area contributed by atoms with Crippen LogP contribution in [0.5, 0.6) is 34.5 Å². The summed E-state index contributed by atoms with van der Waals surface area (Å²) in [6.45, 7) is 32.6. The molecule has 2 aliphatic heterocycles. The maximum atomic E-state index is 17.7. The Morgan fingerprint density at radius 1 is 0.348 bits per heavy atom. The highest BCUT2D eigenvalue weighted by atomic mass is 16.5. The van der Waals surface area contributed by atoms with Gasteiger partial charge in [0.25, 0.3) is 0 Å². The molecule has 0 fully saturated rings. The van der Waals surface area contributed by atoms with Crippen LogP contribution in [0.15, 0.2) is 138 Å². The summed E-state index contributed by atoms with van der Waals surface area (Å²) in [5.41, 5.74) is 11.9. The molecule has 6 heterocycles. The molecule has 4 unspecified atom stereocenters. The van der Waals surface area contributed by atoms with E-state index in [1.807, 2.05) is 33.1 Å². The third-order valence-electron chi connectivity index (χ3n) is 22.1. The van der Waals surface area contributed by atoms with Gasteiger partial charge in [-0.1, -0.05) is 182 Å². The molecule has 0 N–H and O–H groups in total. The Hall–Kier alpha value is -9.63. The second-order valence-electron chi connectivity index (χ2n) is 30.7. The first-order chi connectivity index (χ1) is 54.6. The Kier molecular flexibility index (Phi) is 32.9. The highest BCUT2D eigenvalue weighted by molar-refractivity contribution is 6.01. The number of unbranched alkanes of at least 4 members (excludes halogenated alkanes) is 10. The van der Waals surface area contributed by atoms with Crippen molar-refractivity contribution in [1.82, 2.24) is 18.8 Å². The fraction of sp³-hybridized carbons (Fsp3) is 0.474. The molecule has 0 saturated carbocycles. The topological polar surface area (TPSA) is 160 Å². The van der Waals surface area contributed by atoms with Gasteiger partial charge in [-0.2, -0.15) is 0 Å². The first kappa shape index (κ1) is 84.8. The van der Waals surface area contributed by atoms with Gasteiger partial charge in [0.2, 0.25) is 0 Å². The molecule has 2 aliphatic rings. The molecule has 6 bridgehead atoms. The summed E-state index contributed by atoms with van der Waals surface area (Å²) in [7, 11) is 0. The molecule has 0 saturated heterocycles. The van der Waals surface area contributed by atoms with Gasteiger partial charge in [-0.3, -0.25) is 8.80 Å². The smallest absolute Gasteiger partial charge is 0.338 e.